The highest BCUT2D eigenvalue weighted by molar-refractivity contribution is 9.10. The molecule has 0 bridgehead atoms. The van der Waals surface area contributed by atoms with Gasteiger partial charge in [0.2, 0.25) is 0 Å². The molecule has 0 aliphatic heterocycles. The van der Waals surface area contributed by atoms with E-state index in [0.29, 0.717) is 30.4 Å². The van der Waals surface area contributed by atoms with E-state index in [1.54, 1.807) is 12.1 Å². The average Bonchev–Trinajstić information content (AvgIpc) is 3.62. The van der Waals surface area contributed by atoms with Crippen LogP contribution >= 0.6 is 15.9 Å². The Morgan fingerprint density at radius 2 is 1.30 bits per heavy atom. The van der Waals surface area contributed by atoms with E-state index in [9.17, 15) is 9.59 Å². The monoisotopic (exact) mass is 608 g/mol. The quantitative estimate of drug-likeness (QED) is 0.326. The molecule has 0 aromatic heterocycles. The zero-order chi connectivity index (χ0) is 29.1. The lowest BCUT2D eigenvalue weighted by Crippen LogP contribution is -2.20. The van der Waals surface area contributed by atoms with Gasteiger partial charge in [-0.05, 0) is 117 Å². The second-order valence-electron chi connectivity index (χ2n) is 10.2. The first-order valence-electron chi connectivity index (χ1n) is 13.8. The molecule has 0 heterocycles. The highest BCUT2D eigenvalue weighted by Crippen LogP contribution is 2.32. The molecule has 2 N–H and O–H groups in total. The third-order valence-corrected chi connectivity index (χ3v) is 7.93. The number of hydrogen-bond donors (Lipinski definition) is 2. The normalized spacial score (nSPS) is 21.2. The van der Waals surface area contributed by atoms with Gasteiger partial charge in [0.1, 0.15) is 0 Å². The van der Waals surface area contributed by atoms with Gasteiger partial charge in [0, 0.05) is 27.9 Å². The molecule has 9 heteroatoms. The van der Waals surface area contributed by atoms with Gasteiger partial charge in [-0.2, -0.15) is 10.5 Å². The summed E-state index contributed by atoms with van der Waals surface area (Å²) in [6.07, 6.45) is 5.29. The fourth-order valence-corrected chi connectivity index (χ4v) is 5.70. The molecule has 4 rings (SSSR count). The molecule has 2 aromatic rings. The van der Waals surface area contributed by atoms with Gasteiger partial charge in [-0.25, -0.2) is 0 Å². The summed E-state index contributed by atoms with van der Waals surface area (Å²) < 4.78 is 11.0. The summed E-state index contributed by atoms with van der Waals surface area (Å²) in [7, 11) is 0. The van der Waals surface area contributed by atoms with Crippen LogP contribution in [0.3, 0.4) is 0 Å². The van der Waals surface area contributed by atoms with E-state index in [2.05, 4.69) is 38.7 Å². The van der Waals surface area contributed by atoms with Crippen molar-refractivity contribution in [3.05, 3.63) is 57.6 Å². The number of aryl methyl sites for hydroxylation is 1. The number of rotatable bonds is 8. The molecule has 8 nitrogen and oxygen atoms in total. The van der Waals surface area contributed by atoms with Crippen molar-refractivity contribution in [1.82, 2.24) is 0 Å². The maximum atomic E-state index is 11.7. The minimum atomic E-state index is -0.0873. The number of hydrogen-bond acceptors (Lipinski definition) is 8. The molecule has 0 spiro atoms. The van der Waals surface area contributed by atoms with E-state index in [1.165, 1.54) is 0 Å². The molecule has 0 radical (unpaired) electrons. The van der Waals surface area contributed by atoms with Crippen molar-refractivity contribution >= 4 is 39.2 Å². The number of esters is 2. The third-order valence-electron chi connectivity index (χ3n) is 7.28. The SMILES string of the molecule is CCOC(=O)[C@H]1CC[C@@H](Nc2ccc(C#N)cc2Br)C1.CCOC(=O)[C@H]1CC[C@@H](Nc2ccc(C#N)cc2C)C1. The molecular weight excluding hydrogens is 572 g/mol. The lowest BCUT2D eigenvalue weighted by Gasteiger charge is -2.16. The van der Waals surface area contributed by atoms with Gasteiger partial charge >= 0.3 is 11.9 Å². The fraction of sp³-hybridized carbons (Fsp3) is 0.484. The Labute approximate surface area is 245 Å². The summed E-state index contributed by atoms with van der Waals surface area (Å²) in [4.78, 5) is 23.4. The molecule has 2 aromatic carbocycles. The number of benzene rings is 2. The van der Waals surface area contributed by atoms with Gasteiger partial charge in [0.05, 0.1) is 48.3 Å². The summed E-state index contributed by atoms with van der Waals surface area (Å²) in [6.45, 7) is 6.54. The fourth-order valence-electron chi connectivity index (χ4n) is 5.21. The first-order chi connectivity index (χ1) is 19.3. The molecule has 4 atom stereocenters. The van der Waals surface area contributed by atoms with Gasteiger partial charge in [-0.3, -0.25) is 9.59 Å². The van der Waals surface area contributed by atoms with Crippen molar-refractivity contribution in [2.45, 2.75) is 71.4 Å². The van der Waals surface area contributed by atoms with E-state index in [1.807, 2.05) is 45.0 Å². The second-order valence-corrected chi connectivity index (χ2v) is 11.0. The minimum absolute atomic E-state index is 0.00427. The smallest absolute Gasteiger partial charge is 0.308 e. The van der Waals surface area contributed by atoms with Crippen LogP contribution in [0.15, 0.2) is 40.9 Å². The Morgan fingerprint density at radius 3 is 1.75 bits per heavy atom. The highest BCUT2D eigenvalue weighted by Gasteiger charge is 2.32. The number of carbonyl (C=O) groups excluding carboxylic acids is 2. The molecule has 0 amide bonds. The molecule has 2 saturated carbocycles. The van der Waals surface area contributed by atoms with Crippen LogP contribution in [0.25, 0.3) is 0 Å². The van der Waals surface area contributed by atoms with Crippen molar-refractivity contribution in [2.24, 2.45) is 11.8 Å². The van der Waals surface area contributed by atoms with Crippen molar-refractivity contribution < 1.29 is 19.1 Å². The van der Waals surface area contributed by atoms with Crippen molar-refractivity contribution in [3.63, 3.8) is 0 Å². The predicted octanol–water partition coefficient (Wildman–Crippen LogP) is 6.47. The summed E-state index contributed by atoms with van der Waals surface area (Å²) in [5, 5.41) is 24.6. The second kappa shape index (κ2) is 15.3. The Hall–Kier alpha value is -3.56. The van der Waals surface area contributed by atoms with E-state index >= 15 is 0 Å². The van der Waals surface area contributed by atoms with Gasteiger partial charge in [0.25, 0.3) is 0 Å². The first-order valence-corrected chi connectivity index (χ1v) is 14.6. The van der Waals surface area contributed by atoms with Crippen LogP contribution in [-0.2, 0) is 19.1 Å². The first kappa shape index (κ1) is 31.0. The molecule has 212 valence electrons. The number of carbonyl (C=O) groups is 2. The van der Waals surface area contributed by atoms with Crippen molar-refractivity contribution in [2.75, 3.05) is 23.8 Å². The van der Waals surface area contributed by atoms with Crippen LogP contribution in [0, 0.1) is 41.4 Å². The lowest BCUT2D eigenvalue weighted by atomic mass is 10.1. The molecule has 0 unspecified atom stereocenters. The largest absolute Gasteiger partial charge is 0.466 e. The highest BCUT2D eigenvalue weighted by atomic mass is 79.9. The zero-order valence-electron chi connectivity index (χ0n) is 23.3. The molecule has 2 fully saturated rings. The summed E-state index contributed by atoms with van der Waals surface area (Å²) in [5.41, 5.74) is 4.35. The van der Waals surface area contributed by atoms with Gasteiger partial charge in [-0.1, -0.05) is 0 Å². The van der Waals surface area contributed by atoms with Gasteiger partial charge < -0.3 is 20.1 Å². The van der Waals surface area contributed by atoms with Crippen LogP contribution in [0.5, 0.6) is 0 Å². The number of nitriles is 2. The maximum absolute atomic E-state index is 11.7. The van der Waals surface area contributed by atoms with Gasteiger partial charge in [0.15, 0.2) is 0 Å². The molecular formula is C31H37BrN4O4. The summed E-state index contributed by atoms with van der Waals surface area (Å²) in [6, 6.07) is 15.9. The van der Waals surface area contributed by atoms with E-state index in [-0.39, 0.29) is 29.8 Å². The summed E-state index contributed by atoms with van der Waals surface area (Å²) >= 11 is 3.46. The van der Waals surface area contributed by atoms with Crippen molar-refractivity contribution in [3.8, 4) is 12.1 Å². The van der Waals surface area contributed by atoms with E-state index in [0.717, 1.165) is 59.9 Å². The molecule has 0 saturated heterocycles. The Balaban J connectivity index is 0.000000220. The van der Waals surface area contributed by atoms with Crippen LogP contribution in [0.1, 0.15) is 69.1 Å². The minimum Gasteiger partial charge on any atom is -0.466 e. The Kier molecular flexibility index (Phi) is 11.8. The average molecular weight is 610 g/mol. The lowest BCUT2D eigenvalue weighted by molar-refractivity contribution is -0.148. The number of nitrogens with zero attached hydrogens (tertiary/aromatic N) is 2. The van der Waals surface area contributed by atoms with E-state index in [4.69, 9.17) is 20.0 Å². The Morgan fingerprint density at radius 1 is 0.825 bits per heavy atom. The number of anilines is 2. The van der Waals surface area contributed by atoms with E-state index < -0.39 is 0 Å². The van der Waals surface area contributed by atoms with Crippen LogP contribution in [-0.4, -0.2) is 37.2 Å². The van der Waals surface area contributed by atoms with Crippen molar-refractivity contribution in [1.29, 1.82) is 10.5 Å². The number of ether oxygens (including phenoxy) is 2. The number of halogens is 1. The maximum Gasteiger partial charge on any atom is 0.308 e. The zero-order valence-corrected chi connectivity index (χ0v) is 24.9. The third kappa shape index (κ3) is 8.72. The Bertz CT molecular complexity index is 1170. The van der Waals surface area contributed by atoms with Crippen LogP contribution in [0.2, 0.25) is 0 Å². The predicted molar refractivity (Wildman–Crippen MR) is 158 cm³/mol. The topological polar surface area (TPSA) is 124 Å². The molecule has 40 heavy (non-hydrogen) atoms. The summed E-state index contributed by atoms with van der Waals surface area (Å²) in [5.74, 6) is -0.139. The van der Waals surface area contributed by atoms with Crippen LogP contribution in [0.4, 0.5) is 11.4 Å². The van der Waals surface area contributed by atoms with Crippen LogP contribution < -0.4 is 10.6 Å². The number of nitrogens with one attached hydrogen (secondary N) is 2. The molecule has 2 aliphatic rings. The van der Waals surface area contributed by atoms with Gasteiger partial charge in [-0.15, -0.1) is 0 Å². The molecule has 2 aliphatic carbocycles. The standard InChI is InChI=1S/C16H20N2O2.C15H17BrN2O2/c1-3-20-16(19)13-5-6-14(9-13)18-15-7-4-12(10-17)8-11(15)2;1-2-20-15(19)11-4-5-12(8-11)18-14-6-3-10(9-17)7-13(14)16/h4,7-8,13-14,18H,3,5-6,9H2,1-2H3;3,6-7,11-12,18H,2,4-5,8H2,1H3/t13-,14+;11-,12+/m00/s1.